The van der Waals surface area contributed by atoms with E-state index in [1.165, 1.54) is 12.1 Å². The number of hydrogen-bond acceptors (Lipinski definition) is 5. The van der Waals surface area contributed by atoms with Gasteiger partial charge in [0.1, 0.15) is 11.9 Å². The molecule has 0 aliphatic heterocycles. The molecule has 90 valence electrons. The Morgan fingerprint density at radius 3 is 3.00 bits per heavy atom. The summed E-state index contributed by atoms with van der Waals surface area (Å²) in [6.07, 6.45) is 0. The molecule has 0 radical (unpaired) electrons. The van der Waals surface area contributed by atoms with Gasteiger partial charge in [-0.15, -0.1) is 0 Å². The van der Waals surface area contributed by atoms with E-state index in [2.05, 4.69) is 26.1 Å². The molecule has 0 aliphatic carbocycles. The van der Waals surface area contributed by atoms with E-state index in [4.69, 9.17) is 15.4 Å². The van der Waals surface area contributed by atoms with E-state index in [-0.39, 0.29) is 18.3 Å². The fourth-order valence-corrected chi connectivity index (χ4v) is 1.67. The normalized spacial score (nSPS) is 12.7. The zero-order valence-electron chi connectivity index (χ0n) is 8.60. The molecule has 0 saturated heterocycles. The Bertz CT molecular complexity index is 532. The average Bonchev–Trinajstić information content (AvgIpc) is 2.80. The quantitative estimate of drug-likeness (QED) is 0.900. The molecular formula is C10H9BrFN3O2. The van der Waals surface area contributed by atoms with Crippen LogP contribution < -0.4 is 5.73 Å². The van der Waals surface area contributed by atoms with Gasteiger partial charge in [-0.3, -0.25) is 0 Å². The molecule has 0 aliphatic rings. The summed E-state index contributed by atoms with van der Waals surface area (Å²) in [5, 5.41) is 12.5. The highest BCUT2D eigenvalue weighted by atomic mass is 79.9. The predicted molar refractivity (Wildman–Crippen MR) is 61.4 cm³/mol. The topological polar surface area (TPSA) is 85.2 Å². The molecule has 2 rings (SSSR count). The van der Waals surface area contributed by atoms with Crippen LogP contribution in [0.2, 0.25) is 0 Å². The summed E-state index contributed by atoms with van der Waals surface area (Å²) in [5.41, 5.74) is 5.98. The Kier molecular flexibility index (Phi) is 3.51. The Morgan fingerprint density at radius 2 is 2.29 bits per heavy atom. The van der Waals surface area contributed by atoms with E-state index in [9.17, 15) is 4.39 Å². The molecule has 17 heavy (non-hydrogen) atoms. The van der Waals surface area contributed by atoms with Gasteiger partial charge in [-0.25, -0.2) is 4.39 Å². The van der Waals surface area contributed by atoms with Crippen molar-refractivity contribution in [3.8, 4) is 11.4 Å². The molecule has 1 heterocycles. The molecule has 2 aromatic rings. The molecule has 5 nitrogen and oxygen atoms in total. The van der Waals surface area contributed by atoms with Gasteiger partial charge in [0.25, 0.3) is 0 Å². The van der Waals surface area contributed by atoms with Crippen molar-refractivity contribution in [1.82, 2.24) is 10.1 Å². The van der Waals surface area contributed by atoms with Crippen LogP contribution in [0.3, 0.4) is 0 Å². The van der Waals surface area contributed by atoms with Crippen molar-refractivity contribution in [2.24, 2.45) is 5.73 Å². The molecule has 1 atom stereocenters. The van der Waals surface area contributed by atoms with Crippen LogP contribution in [-0.4, -0.2) is 21.9 Å². The lowest BCUT2D eigenvalue weighted by atomic mass is 10.2. The van der Waals surface area contributed by atoms with Gasteiger partial charge in [-0.2, -0.15) is 4.98 Å². The van der Waals surface area contributed by atoms with Gasteiger partial charge >= 0.3 is 0 Å². The number of hydrogen-bond donors (Lipinski definition) is 2. The van der Waals surface area contributed by atoms with Gasteiger partial charge < -0.3 is 15.4 Å². The fourth-order valence-electron chi connectivity index (χ4n) is 1.24. The maximum atomic E-state index is 13.1. The summed E-state index contributed by atoms with van der Waals surface area (Å²) in [5.74, 6) is -0.0741. The lowest BCUT2D eigenvalue weighted by Gasteiger charge is -1.99. The van der Waals surface area contributed by atoms with Gasteiger partial charge in [0.2, 0.25) is 11.7 Å². The lowest BCUT2D eigenvalue weighted by Crippen LogP contribution is -2.14. The monoisotopic (exact) mass is 301 g/mol. The first-order valence-electron chi connectivity index (χ1n) is 4.77. The minimum Gasteiger partial charge on any atom is -0.394 e. The average molecular weight is 302 g/mol. The van der Waals surface area contributed by atoms with Crippen LogP contribution in [0, 0.1) is 5.82 Å². The highest BCUT2D eigenvalue weighted by molar-refractivity contribution is 9.10. The molecule has 0 amide bonds. The molecule has 0 bridgehead atoms. The third kappa shape index (κ3) is 2.51. The van der Waals surface area contributed by atoms with E-state index < -0.39 is 11.9 Å². The summed E-state index contributed by atoms with van der Waals surface area (Å²) >= 11 is 3.26. The zero-order valence-corrected chi connectivity index (χ0v) is 10.2. The predicted octanol–water partition coefficient (Wildman–Crippen LogP) is 1.63. The Labute approximate surface area is 105 Å². The molecule has 1 aromatic carbocycles. The summed E-state index contributed by atoms with van der Waals surface area (Å²) in [4.78, 5) is 3.99. The number of aliphatic hydroxyl groups is 1. The number of aromatic nitrogens is 2. The van der Waals surface area contributed by atoms with E-state index in [0.717, 1.165) is 0 Å². The van der Waals surface area contributed by atoms with Crippen LogP contribution in [-0.2, 0) is 0 Å². The minimum absolute atomic E-state index is 0.110. The second-order valence-electron chi connectivity index (χ2n) is 3.37. The first-order valence-corrected chi connectivity index (χ1v) is 5.56. The van der Waals surface area contributed by atoms with Gasteiger partial charge in [0, 0.05) is 10.0 Å². The Morgan fingerprint density at radius 1 is 1.53 bits per heavy atom. The van der Waals surface area contributed by atoms with Gasteiger partial charge in [-0.1, -0.05) is 21.1 Å². The molecular weight excluding hydrogens is 293 g/mol. The lowest BCUT2D eigenvalue weighted by molar-refractivity contribution is 0.237. The van der Waals surface area contributed by atoms with E-state index >= 15 is 0 Å². The highest BCUT2D eigenvalue weighted by Gasteiger charge is 2.16. The smallest absolute Gasteiger partial charge is 0.246 e. The number of nitrogens with two attached hydrogens (primary N) is 1. The van der Waals surface area contributed by atoms with Crippen LogP contribution in [0.5, 0.6) is 0 Å². The van der Waals surface area contributed by atoms with E-state index in [1.807, 2.05) is 0 Å². The van der Waals surface area contributed by atoms with Crippen LogP contribution in [0.25, 0.3) is 11.4 Å². The van der Waals surface area contributed by atoms with Crippen molar-refractivity contribution in [1.29, 1.82) is 0 Å². The van der Waals surface area contributed by atoms with Gasteiger partial charge in [0.15, 0.2) is 0 Å². The first-order chi connectivity index (χ1) is 8.11. The highest BCUT2D eigenvalue weighted by Crippen LogP contribution is 2.27. The number of nitrogens with zero attached hydrogens (tertiary/aromatic N) is 2. The van der Waals surface area contributed by atoms with Crippen LogP contribution in [0.1, 0.15) is 11.9 Å². The van der Waals surface area contributed by atoms with Crippen molar-refractivity contribution in [2.45, 2.75) is 6.04 Å². The largest absolute Gasteiger partial charge is 0.394 e. The summed E-state index contributed by atoms with van der Waals surface area (Å²) in [6.45, 7) is -0.300. The molecule has 0 unspecified atom stereocenters. The van der Waals surface area contributed by atoms with Gasteiger partial charge in [0.05, 0.1) is 6.61 Å². The second kappa shape index (κ2) is 4.91. The van der Waals surface area contributed by atoms with Crippen molar-refractivity contribution in [3.63, 3.8) is 0 Å². The van der Waals surface area contributed by atoms with E-state index in [0.29, 0.717) is 10.0 Å². The molecule has 0 saturated carbocycles. The Hall–Kier alpha value is -1.31. The molecule has 7 heteroatoms. The number of rotatable bonds is 3. The first kappa shape index (κ1) is 12.2. The molecule has 3 N–H and O–H groups in total. The molecule has 0 spiro atoms. The standard InChI is InChI=1S/C10H9BrFN3O2/c11-7-2-1-5(12)3-6(7)9-14-10(17-15-9)8(13)4-16/h1-3,8,16H,4,13H2/t8-/m1/s1. The second-order valence-corrected chi connectivity index (χ2v) is 4.22. The maximum absolute atomic E-state index is 13.1. The third-order valence-electron chi connectivity index (χ3n) is 2.12. The zero-order chi connectivity index (χ0) is 12.4. The molecule has 1 aromatic heterocycles. The summed E-state index contributed by atoms with van der Waals surface area (Å²) in [7, 11) is 0. The summed E-state index contributed by atoms with van der Waals surface area (Å²) in [6, 6.07) is 3.41. The minimum atomic E-state index is -0.733. The van der Waals surface area contributed by atoms with Crippen molar-refractivity contribution in [3.05, 3.63) is 34.4 Å². The Balaban J connectivity index is 2.40. The SMILES string of the molecule is N[C@H](CO)c1nc(-c2cc(F)ccc2Br)no1. The van der Waals surface area contributed by atoms with Crippen LogP contribution in [0.15, 0.2) is 27.2 Å². The van der Waals surface area contributed by atoms with Crippen LogP contribution in [0.4, 0.5) is 4.39 Å². The van der Waals surface area contributed by atoms with Gasteiger partial charge in [-0.05, 0) is 18.2 Å². The molecule has 0 fully saturated rings. The number of aliphatic hydroxyl groups excluding tert-OH is 1. The third-order valence-corrected chi connectivity index (χ3v) is 2.82. The summed E-state index contributed by atoms with van der Waals surface area (Å²) < 4.78 is 18.6. The van der Waals surface area contributed by atoms with Crippen molar-refractivity contribution in [2.75, 3.05) is 6.61 Å². The fraction of sp³-hybridized carbons (Fsp3) is 0.200. The van der Waals surface area contributed by atoms with Crippen molar-refractivity contribution >= 4 is 15.9 Å². The van der Waals surface area contributed by atoms with Crippen LogP contribution >= 0.6 is 15.9 Å². The number of halogens is 2. The van der Waals surface area contributed by atoms with Crippen molar-refractivity contribution < 1.29 is 14.0 Å². The number of benzene rings is 1. The van der Waals surface area contributed by atoms with E-state index in [1.54, 1.807) is 6.07 Å². The maximum Gasteiger partial charge on any atom is 0.246 e.